The zero-order valence-corrected chi connectivity index (χ0v) is 24.2. The number of hydrogen-bond donors (Lipinski definition) is 0. The normalized spacial score (nSPS) is 17.6. The number of likely N-dealkylation sites (tertiary alicyclic amines) is 2. The van der Waals surface area contributed by atoms with E-state index in [0.717, 1.165) is 68.3 Å². The highest BCUT2D eigenvalue weighted by Crippen LogP contribution is 2.31. The number of halogens is 2. The van der Waals surface area contributed by atoms with Crippen molar-refractivity contribution in [2.24, 2.45) is 0 Å². The Morgan fingerprint density at radius 1 is 1.12 bits per heavy atom. The molecule has 0 bridgehead atoms. The summed E-state index contributed by atoms with van der Waals surface area (Å²) in [6.45, 7) is 12.8. The van der Waals surface area contributed by atoms with Crippen LogP contribution in [0.15, 0.2) is 54.6 Å². The number of rotatable bonds is 8. The van der Waals surface area contributed by atoms with Gasteiger partial charge in [0.1, 0.15) is 0 Å². The molecule has 8 heteroatoms. The molecule has 2 aliphatic rings. The number of fused-ring (bicyclic) bond motifs is 1. The summed E-state index contributed by atoms with van der Waals surface area (Å²) in [6, 6.07) is 19.9. The first-order chi connectivity index (χ1) is 19.4. The minimum atomic E-state index is -0.106. The second-order valence-electron chi connectivity index (χ2n) is 11.0. The van der Waals surface area contributed by atoms with E-state index >= 15 is 0 Å². The summed E-state index contributed by atoms with van der Waals surface area (Å²) < 4.78 is 0. The lowest BCUT2D eigenvalue weighted by Gasteiger charge is -2.47. The van der Waals surface area contributed by atoms with Crippen LogP contribution in [0.2, 0.25) is 10.0 Å². The summed E-state index contributed by atoms with van der Waals surface area (Å²) in [7, 11) is 1.83. The zero-order valence-electron chi connectivity index (χ0n) is 22.7. The largest absolute Gasteiger partial charge is 0.341 e. The molecule has 1 amide bonds. The number of nitrogens with zero attached hydrogens (tertiary/aromatic N) is 5. The van der Waals surface area contributed by atoms with Gasteiger partial charge in [-0.05, 0) is 53.6 Å². The highest BCUT2D eigenvalue weighted by atomic mass is 35.5. The fraction of sp³-hybridized carbons (Fsp3) is 0.406. The van der Waals surface area contributed by atoms with Crippen molar-refractivity contribution in [1.82, 2.24) is 14.7 Å². The monoisotopic (exact) mass is 573 g/mol. The zero-order chi connectivity index (χ0) is 28.2. The fourth-order valence-corrected chi connectivity index (χ4v) is 6.28. The molecule has 2 heterocycles. The summed E-state index contributed by atoms with van der Waals surface area (Å²) in [5.41, 5.74) is 2.07. The second kappa shape index (κ2) is 12.6. The average Bonchev–Trinajstić information content (AvgIpc) is 2.96. The summed E-state index contributed by atoms with van der Waals surface area (Å²) in [6.07, 6.45) is 2.83. The van der Waals surface area contributed by atoms with Gasteiger partial charge in [0, 0.05) is 70.1 Å². The molecule has 0 saturated carbocycles. The van der Waals surface area contributed by atoms with E-state index < -0.39 is 0 Å². The number of carbonyl (C=O) groups excluding carboxylic acids is 1. The molecular weight excluding hydrogens is 541 g/mol. The van der Waals surface area contributed by atoms with Crippen molar-refractivity contribution < 1.29 is 4.79 Å². The lowest BCUT2D eigenvalue weighted by molar-refractivity contribution is 0.0205. The Kier molecular flexibility index (Phi) is 8.94. The Morgan fingerprint density at radius 2 is 1.88 bits per heavy atom. The Hall–Kier alpha value is -3.13. The van der Waals surface area contributed by atoms with Crippen LogP contribution in [0.25, 0.3) is 15.6 Å². The number of likely N-dealkylation sites (N-methyl/N-ethyl adjacent to an activating group) is 1. The molecular formula is C32H33Cl2N5O. The Morgan fingerprint density at radius 3 is 2.58 bits per heavy atom. The van der Waals surface area contributed by atoms with Crippen molar-refractivity contribution in [3.63, 3.8) is 0 Å². The van der Waals surface area contributed by atoms with E-state index in [4.69, 9.17) is 29.8 Å². The van der Waals surface area contributed by atoms with Crippen LogP contribution in [0.1, 0.15) is 46.7 Å². The van der Waals surface area contributed by atoms with Gasteiger partial charge in [-0.2, -0.15) is 5.26 Å². The second-order valence-corrected chi connectivity index (χ2v) is 11.8. The predicted molar refractivity (Wildman–Crippen MR) is 161 cm³/mol. The summed E-state index contributed by atoms with van der Waals surface area (Å²) >= 11 is 12.6. The Balaban J connectivity index is 1.27. The molecule has 2 saturated heterocycles. The van der Waals surface area contributed by atoms with Gasteiger partial charge in [-0.1, -0.05) is 53.5 Å². The first kappa shape index (κ1) is 28.4. The molecule has 0 radical (unpaired) electrons. The first-order valence-corrected chi connectivity index (χ1v) is 14.6. The van der Waals surface area contributed by atoms with Crippen molar-refractivity contribution in [3.8, 4) is 6.07 Å². The summed E-state index contributed by atoms with van der Waals surface area (Å²) in [4.78, 5) is 24.2. The third-order valence-electron chi connectivity index (χ3n) is 8.41. The van der Waals surface area contributed by atoms with E-state index in [-0.39, 0.29) is 17.9 Å². The number of hydrogen-bond acceptors (Lipinski definition) is 4. The van der Waals surface area contributed by atoms with Crippen LogP contribution in [-0.2, 0) is 0 Å². The minimum absolute atomic E-state index is 0.0718. The van der Waals surface area contributed by atoms with Gasteiger partial charge in [0.25, 0.3) is 5.91 Å². The summed E-state index contributed by atoms with van der Waals surface area (Å²) in [5.74, 6) is -0.0345. The van der Waals surface area contributed by atoms with Crippen LogP contribution in [0.5, 0.6) is 0 Å². The van der Waals surface area contributed by atoms with Crippen molar-refractivity contribution in [2.45, 2.75) is 37.3 Å². The highest BCUT2D eigenvalue weighted by Gasteiger charge is 2.35. The van der Waals surface area contributed by atoms with E-state index in [2.05, 4.69) is 20.7 Å². The number of carbonyl (C=O) groups is 1. The molecule has 0 N–H and O–H groups in total. The van der Waals surface area contributed by atoms with Gasteiger partial charge in [-0.25, -0.2) is 6.57 Å². The maximum atomic E-state index is 13.7. The maximum Gasteiger partial charge on any atom is 0.254 e. The lowest BCUT2D eigenvalue weighted by Crippen LogP contribution is -2.61. The fourth-order valence-electron chi connectivity index (χ4n) is 5.98. The van der Waals surface area contributed by atoms with Crippen LogP contribution in [0, 0.1) is 17.9 Å². The van der Waals surface area contributed by atoms with Crippen molar-refractivity contribution in [2.75, 3.05) is 46.3 Å². The molecule has 0 spiro atoms. The number of nitriles is 1. The molecule has 2 aliphatic heterocycles. The van der Waals surface area contributed by atoms with Crippen molar-refractivity contribution in [1.29, 1.82) is 5.26 Å². The number of amides is 1. The van der Waals surface area contributed by atoms with Crippen molar-refractivity contribution >= 4 is 39.9 Å². The SMILES string of the molecule is [C-]#[N+]C1CCN(C2CN(CC[C@H](CN(C)C(=O)c3cc(C#N)cc4ccccc34)c3ccc(Cl)c(Cl)c3)C2)CC1. The maximum absolute atomic E-state index is 13.7. The average molecular weight is 575 g/mol. The quantitative estimate of drug-likeness (QED) is 0.295. The standard InChI is InChI=1S/C32H33Cl2N5O/c1-36-26-10-13-39(14-11-26)27-20-38(21-27)12-9-25(23-7-8-30(33)31(34)17-23)19-37(2)32(40)29-16-22(18-35)15-24-5-3-4-6-28(24)29/h3-8,15-17,25-27H,9-14,19-21H2,2H3/t25-/m1/s1. The van der Waals surface area contributed by atoms with E-state index in [9.17, 15) is 10.1 Å². The van der Waals surface area contributed by atoms with Gasteiger partial charge in [0.2, 0.25) is 6.04 Å². The third kappa shape index (κ3) is 6.27. The van der Waals surface area contributed by atoms with Gasteiger partial charge in [0.05, 0.1) is 21.7 Å². The predicted octanol–water partition coefficient (Wildman–Crippen LogP) is 6.33. The van der Waals surface area contributed by atoms with Gasteiger partial charge >= 0.3 is 0 Å². The third-order valence-corrected chi connectivity index (χ3v) is 9.15. The van der Waals surface area contributed by atoms with Crippen LogP contribution in [0.4, 0.5) is 0 Å². The molecule has 206 valence electrons. The van der Waals surface area contributed by atoms with E-state index in [1.54, 1.807) is 11.0 Å². The van der Waals surface area contributed by atoms with Crippen LogP contribution in [0.3, 0.4) is 0 Å². The topological polar surface area (TPSA) is 54.9 Å². The smallest absolute Gasteiger partial charge is 0.254 e. The molecule has 5 rings (SSSR count). The molecule has 1 atom stereocenters. The van der Waals surface area contributed by atoms with E-state index in [0.29, 0.717) is 33.8 Å². The van der Waals surface area contributed by atoms with Gasteiger partial charge in [-0.3, -0.25) is 9.69 Å². The van der Waals surface area contributed by atoms with Gasteiger partial charge < -0.3 is 14.6 Å². The molecule has 40 heavy (non-hydrogen) atoms. The van der Waals surface area contributed by atoms with Crippen LogP contribution in [-0.4, -0.2) is 79.0 Å². The van der Waals surface area contributed by atoms with Crippen LogP contribution < -0.4 is 0 Å². The highest BCUT2D eigenvalue weighted by molar-refractivity contribution is 6.42. The number of benzene rings is 3. The van der Waals surface area contributed by atoms with E-state index in [1.807, 2.05) is 55.6 Å². The van der Waals surface area contributed by atoms with Gasteiger partial charge in [0.15, 0.2) is 0 Å². The minimum Gasteiger partial charge on any atom is -0.341 e. The molecule has 0 aliphatic carbocycles. The Labute approximate surface area is 246 Å². The van der Waals surface area contributed by atoms with Crippen LogP contribution >= 0.6 is 23.2 Å². The van der Waals surface area contributed by atoms with Gasteiger partial charge in [-0.15, -0.1) is 0 Å². The lowest BCUT2D eigenvalue weighted by atomic mass is 9.93. The molecule has 3 aromatic rings. The summed E-state index contributed by atoms with van der Waals surface area (Å²) in [5, 5.41) is 12.3. The molecule has 0 aromatic heterocycles. The first-order valence-electron chi connectivity index (χ1n) is 13.8. The number of piperidine rings is 1. The molecule has 0 unspecified atom stereocenters. The molecule has 3 aromatic carbocycles. The Bertz CT molecular complexity index is 1460. The molecule has 2 fully saturated rings. The molecule has 6 nitrogen and oxygen atoms in total. The van der Waals surface area contributed by atoms with Crippen molar-refractivity contribution in [3.05, 3.63) is 92.8 Å². The van der Waals surface area contributed by atoms with E-state index in [1.165, 1.54) is 0 Å².